The number of halogens is 1. The number of H-pyrrole nitrogens is 1. The summed E-state index contributed by atoms with van der Waals surface area (Å²) in [5.74, 6) is -0.109. The predicted octanol–water partition coefficient (Wildman–Crippen LogP) is 4.53. The molecule has 10 heteroatoms. The molecule has 0 radical (unpaired) electrons. The van der Waals surface area contributed by atoms with Crippen molar-refractivity contribution in [2.24, 2.45) is 11.8 Å². The second-order valence-electron chi connectivity index (χ2n) is 10.5. The van der Waals surface area contributed by atoms with Crippen LogP contribution in [-0.4, -0.2) is 60.7 Å². The monoisotopic (exact) mass is 563 g/mol. The minimum Gasteiger partial charge on any atom is -0.448 e. The summed E-state index contributed by atoms with van der Waals surface area (Å²) in [6.07, 6.45) is 4.69. The fourth-order valence-corrected chi connectivity index (χ4v) is 6.48. The fraction of sp³-hybridized carbons (Fsp3) is 0.571. The van der Waals surface area contributed by atoms with Crippen molar-refractivity contribution >= 4 is 29.3 Å². The largest absolute Gasteiger partial charge is 0.448 e. The van der Waals surface area contributed by atoms with Gasteiger partial charge in [0.2, 0.25) is 0 Å². The van der Waals surface area contributed by atoms with Gasteiger partial charge in [-0.2, -0.15) is 0 Å². The summed E-state index contributed by atoms with van der Waals surface area (Å²) >= 11 is 7.84. The van der Waals surface area contributed by atoms with Gasteiger partial charge in [-0.05, 0) is 70.5 Å². The molecule has 5 rings (SSSR count). The van der Waals surface area contributed by atoms with Gasteiger partial charge in [-0.25, -0.2) is 0 Å². The maximum Gasteiger partial charge on any atom is 0.254 e. The number of hydrogen-bond donors (Lipinski definition) is 2. The van der Waals surface area contributed by atoms with Crippen LogP contribution in [0.25, 0.3) is 0 Å². The van der Waals surface area contributed by atoms with Crippen molar-refractivity contribution in [2.45, 2.75) is 57.2 Å². The number of aromatic amines is 1. The molecule has 1 aromatic carbocycles. The molecule has 3 aliphatic rings. The Kier molecular flexibility index (Phi) is 7.26. The number of aromatic nitrogens is 1. The van der Waals surface area contributed by atoms with Crippen molar-refractivity contribution in [2.75, 3.05) is 39.1 Å². The van der Waals surface area contributed by atoms with Gasteiger partial charge in [0.25, 0.3) is 17.3 Å². The minimum absolute atomic E-state index is 0.135. The summed E-state index contributed by atoms with van der Waals surface area (Å²) in [4.78, 5) is 31.6. The van der Waals surface area contributed by atoms with Gasteiger partial charge >= 0.3 is 0 Å². The number of nitrogens with one attached hydrogen (secondary N) is 2. The number of piperidine rings is 1. The van der Waals surface area contributed by atoms with Crippen molar-refractivity contribution in [3.8, 4) is 11.5 Å². The van der Waals surface area contributed by atoms with E-state index in [4.69, 9.17) is 28.6 Å². The number of fused-ring (bicyclic) bond motifs is 1. The highest BCUT2D eigenvalue weighted by atomic mass is 35.5. The van der Waals surface area contributed by atoms with Crippen LogP contribution in [0.3, 0.4) is 0 Å². The Balaban J connectivity index is 1.32. The highest BCUT2D eigenvalue weighted by Gasteiger charge is 2.47. The molecular weight excluding hydrogens is 526 g/mol. The lowest BCUT2D eigenvalue weighted by Gasteiger charge is -2.39. The van der Waals surface area contributed by atoms with Gasteiger partial charge < -0.3 is 29.4 Å². The average molecular weight is 564 g/mol. The molecule has 0 saturated carbocycles. The minimum atomic E-state index is -2.43. The second-order valence-corrected chi connectivity index (χ2v) is 11.8. The third-order valence-electron chi connectivity index (χ3n) is 7.82. The summed E-state index contributed by atoms with van der Waals surface area (Å²) < 4.78 is 35.4. The van der Waals surface area contributed by atoms with Crippen LogP contribution in [-0.2, 0) is 11.2 Å². The number of ether oxygens (including phenoxy) is 3. The molecule has 2 unspecified atom stereocenters. The maximum absolute atomic E-state index is 13.4. The Hall–Kier alpha value is -2.20. The van der Waals surface area contributed by atoms with Gasteiger partial charge in [0.1, 0.15) is 0 Å². The maximum atomic E-state index is 13.4. The molecule has 3 aliphatic heterocycles. The molecule has 2 aromatic rings. The number of carbonyl (C=O) groups excluding carboxylic acids is 1. The van der Waals surface area contributed by atoms with Crippen LogP contribution >= 0.6 is 23.4 Å². The lowest BCUT2D eigenvalue weighted by atomic mass is 9.88. The molecule has 1 aromatic heterocycles. The third-order valence-corrected chi connectivity index (χ3v) is 8.86. The zero-order valence-electron chi connectivity index (χ0n) is 24.2. The number of carbonyl (C=O) groups is 1. The summed E-state index contributed by atoms with van der Waals surface area (Å²) in [7, 11) is 0. The van der Waals surface area contributed by atoms with Gasteiger partial charge in [0.05, 0.1) is 14.4 Å². The number of rotatable bonds is 7. The molecule has 38 heavy (non-hydrogen) atoms. The zero-order chi connectivity index (χ0) is 28.8. The number of nitrogens with zero attached hydrogens (tertiary/aromatic N) is 1. The van der Waals surface area contributed by atoms with Gasteiger partial charge in [-0.15, -0.1) is 11.8 Å². The van der Waals surface area contributed by atoms with Crippen molar-refractivity contribution in [3.63, 3.8) is 0 Å². The molecule has 8 nitrogen and oxygen atoms in total. The number of pyridine rings is 1. The lowest BCUT2D eigenvalue weighted by molar-refractivity contribution is -0.125. The Morgan fingerprint density at radius 3 is 2.68 bits per heavy atom. The molecule has 4 heterocycles. The Morgan fingerprint density at radius 1 is 1.26 bits per heavy atom. The molecule has 0 spiro atoms. The number of likely N-dealkylation sites (tertiary alicyclic amines) is 1. The standard InChI is InChI=1S/C28H36ClN3O5S/c1-16-11-23(38-4)21(27(34)31-16)13-30-26(33)20-12-22(29)25-24(17(20)2)36-28(3,37-25)19-5-8-32(9-6-19)14-18-7-10-35-15-18/h11-12,18-19H,5-10,13-15H2,1-4H3,(H,30,33)(H,31,34)/i13D2. The van der Waals surface area contributed by atoms with Crippen LogP contribution in [0, 0.1) is 25.7 Å². The average Bonchev–Trinajstić information content (AvgIpc) is 3.54. The van der Waals surface area contributed by atoms with Crippen molar-refractivity contribution in [1.82, 2.24) is 15.2 Å². The first kappa shape index (κ1) is 24.8. The first-order chi connectivity index (χ1) is 18.9. The number of aryl methyl sites for hydroxylation is 1. The molecular formula is C28H36ClN3O5S. The van der Waals surface area contributed by atoms with Crippen molar-refractivity contribution in [1.29, 1.82) is 0 Å². The highest BCUT2D eigenvalue weighted by molar-refractivity contribution is 7.98. The van der Waals surface area contributed by atoms with Gasteiger partial charge in [0, 0.05) is 59.8 Å². The Morgan fingerprint density at radius 2 is 2.00 bits per heavy atom. The highest BCUT2D eigenvalue weighted by Crippen LogP contribution is 2.51. The molecule has 2 fully saturated rings. The number of hydrogen-bond acceptors (Lipinski definition) is 7. The molecule has 2 saturated heterocycles. The van der Waals surface area contributed by atoms with E-state index < -0.39 is 23.8 Å². The molecule has 1 amide bonds. The van der Waals surface area contributed by atoms with Crippen LogP contribution in [0.15, 0.2) is 21.8 Å². The number of amides is 1. The normalized spacial score (nSPS) is 24.8. The van der Waals surface area contributed by atoms with Gasteiger partial charge in [0.15, 0.2) is 11.5 Å². The third kappa shape index (κ3) is 5.43. The van der Waals surface area contributed by atoms with Crippen LogP contribution in [0.2, 0.25) is 5.02 Å². The van der Waals surface area contributed by atoms with Crippen molar-refractivity contribution < 1.29 is 21.7 Å². The van der Waals surface area contributed by atoms with E-state index in [9.17, 15) is 9.59 Å². The van der Waals surface area contributed by atoms with Gasteiger partial charge in [-0.3, -0.25) is 9.59 Å². The summed E-state index contributed by atoms with van der Waals surface area (Å²) in [5, 5.41) is 2.61. The lowest BCUT2D eigenvalue weighted by Crippen LogP contribution is -2.49. The smallest absolute Gasteiger partial charge is 0.254 e. The summed E-state index contributed by atoms with van der Waals surface area (Å²) in [5.41, 5.74) is 0.522. The molecule has 2 N–H and O–H groups in total. The summed E-state index contributed by atoms with van der Waals surface area (Å²) in [6.45, 7) is 7.58. The summed E-state index contributed by atoms with van der Waals surface area (Å²) in [6, 6.07) is 3.15. The van der Waals surface area contributed by atoms with E-state index in [2.05, 4.69) is 15.2 Å². The van der Waals surface area contributed by atoms with E-state index in [1.807, 2.05) is 6.92 Å². The van der Waals surface area contributed by atoms with Crippen LogP contribution in [0.4, 0.5) is 0 Å². The van der Waals surface area contributed by atoms with E-state index in [1.165, 1.54) is 17.8 Å². The number of benzene rings is 1. The van der Waals surface area contributed by atoms with E-state index in [-0.39, 0.29) is 22.1 Å². The topological polar surface area (TPSA) is 92.9 Å². The van der Waals surface area contributed by atoms with Crippen molar-refractivity contribution in [3.05, 3.63) is 49.9 Å². The quantitative estimate of drug-likeness (QED) is 0.478. The van der Waals surface area contributed by atoms with E-state index in [1.54, 1.807) is 26.2 Å². The van der Waals surface area contributed by atoms with Crippen LogP contribution in [0.1, 0.15) is 56.1 Å². The van der Waals surface area contributed by atoms with E-state index in [0.717, 1.165) is 52.1 Å². The van der Waals surface area contributed by atoms with E-state index >= 15 is 0 Å². The fourth-order valence-electron chi connectivity index (χ4n) is 5.60. The first-order valence-corrected chi connectivity index (χ1v) is 14.6. The van der Waals surface area contributed by atoms with Gasteiger partial charge in [-0.1, -0.05) is 11.6 Å². The molecule has 0 bridgehead atoms. The molecule has 206 valence electrons. The first-order valence-electron chi connectivity index (χ1n) is 14.0. The Bertz CT molecular complexity index is 1360. The van der Waals surface area contributed by atoms with Crippen LogP contribution in [0.5, 0.6) is 11.5 Å². The molecule has 0 aliphatic carbocycles. The van der Waals surface area contributed by atoms with Crippen LogP contribution < -0.4 is 20.3 Å². The van der Waals surface area contributed by atoms with E-state index in [0.29, 0.717) is 33.6 Å². The Labute approximate surface area is 235 Å². The predicted molar refractivity (Wildman–Crippen MR) is 149 cm³/mol. The number of thioether (sulfide) groups is 1. The zero-order valence-corrected chi connectivity index (χ0v) is 23.8. The molecule has 2 atom stereocenters. The SMILES string of the molecule is [2H]C([2H])(NC(=O)c1cc(Cl)c2c(c1C)OC(C)(C1CCN(CC3CCOC3)CC1)O2)c1c(SC)cc(C)[nH]c1=O. The second kappa shape index (κ2) is 11.1.